The highest BCUT2D eigenvalue weighted by atomic mass is 32.2. The van der Waals surface area contributed by atoms with Crippen LogP contribution in [0.4, 0.5) is 14.9 Å². The highest BCUT2D eigenvalue weighted by molar-refractivity contribution is 7.93. The number of hydrogen-bond acceptors (Lipinski definition) is 8. The van der Waals surface area contributed by atoms with Crippen molar-refractivity contribution in [3.05, 3.63) is 69.5 Å². The van der Waals surface area contributed by atoms with Gasteiger partial charge in [-0.3, -0.25) is 10.1 Å². The van der Waals surface area contributed by atoms with Gasteiger partial charge in [0.05, 0.1) is 36.0 Å². The van der Waals surface area contributed by atoms with Crippen LogP contribution in [-0.4, -0.2) is 54.6 Å². The van der Waals surface area contributed by atoms with Crippen molar-refractivity contribution in [1.82, 2.24) is 5.32 Å². The number of rotatable bonds is 6. The van der Waals surface area contributed by atoms with Crippen LogP contribution in [0, 0.1) is 15.9 Å². The van der Waals surface area contributed by atoms with E-state index in [1.165, 1.54) is 6.92 Å². The molecule has 0 bridgehead atoms. The van der Waals surface area contributed by atoms with E-state index < -0.39 is 60.1 Å². The van der Waals surface area contributed by atoms with Crippen LogP contribution in [0.15, 0.2) is 47.5 Å². The van der Waals surface area contributed by atoms with Gasteiger partial charge in [-0.25, -0.2) is 17.6 Å². The minimum Gasteiger partial charge on any atom is -0.497 e. The Morgan fingerprint density at radius 1 is 1.22 bits per heavy atom. The van der Waals surface area contributed by atoms with Gasteiger partial charge in [0.2, 0.25) is 0 Å². The summed E-state index contributed by atoms with van der Waals surface area (Å²) < 4.78 is 58.2. The molecule has 1 saturated carbocycles. The number of non-ortho nitro benzene ring substituents is 1. The molecule has 13 heteroatoms. The SMILES string of the molecule is COc1ccc(COC2CCC3(C2)/C(=N/C(=O)OC(C)(C)C)N[C@](C)(c2cc([N+](=O)[O-])ccc2F)CS3(=O)=O)cc1. The standard InChI is InChI=1S/C28H34FN3O8S/c1-26(2,3)40-25(33)30-24-28(13-12-21(15-28)39-16-18-6-9-20(38-5)10-7-18)41(36,37)17-27(4,31-24)22-14-19(32(34)35)8-11-23(22)29/h6-11,14,21H,12-13,15-17H2,1-5H3,(H,30,31,33)/t21?,27-,28?/m0/s1. The minimum atomic E-state index is -4.13. The number of nitro groups is 1. The van der Waals surface area contributed by atoms with E-state index in [1.54, 1.807) is 40.0 Å². The summed E-state index contributed by atoms with van der Waals surface area (Å²) in [6.07, 6.45) is -1.01. The summed E-state index contributed by atoms with van der Waals surface area (Å²) in [7, 11) is -2.56. The van der Waals surface area contributed by atoms with Gasteiger partial charge < -0.3 is 19.5 Å². The zero-order valence-corrected chi connectivity index (χ0v) is 24.4. The van der Waals surface area contributed by atoms with Crippen LogP contribution in [-0.2, 0) is 31.5 Å². The summed E-state index contributed by atoms with van der Waals surface area (Å²) in [6, 6.07) is 10.2. The second-order valence-electron chi connectivity index (χ2n) is 11.6. The lowest BCUT2D eigenvalue weighted by atomic mass is 9.90. The fourth-order valence-corrected chi connectivity index (χ4v) is 7.84. The van der Waals surface area contributed by atoms with Crippen molar-refractivity contribution in [2.75, 3.05) is 12.9 Å². The first-order valence-electron chi connectivity index (χ1n) is 13.1. The molecule has 2 aromatic carbocycles. The largest absolute Gasteiger partial charge is 0.497 e. The lowest BCUT2D eigenvalue weighted by Gasteiger charge is -2.45. The quantitative estimate of drug-likeness (QED) is 0.369. The van der Waals surface area contributed by atoms with Gasteiger partial charge in [-0.05, 0) is 64.3 Å². The molecule has 0 radical (unpaired) electrons. The van der Waals surface area contributed by atoms with E-state index in [0.717, 1.165) is 23.8 Å². The number of hydrogen-bond donors (Lipinski definition) is 1. The molecule has 4 rings (SSSR count). The van der Waals surface area contributed by atoms with E-state index in [9.17, 15) is 23.3 Å². The van der Waals surface area contributed by atoms with E-state index in [4.69, 9.17) is 14.2 Å². The van der Waals surface area contributed by atoms with Crippen molar-refractivity contribution in [3.63, 3.8) is 0 Å². The van der Waals surface area contributed by atoms with Crippen molar-refractivity contribution >= 4 is 27.5 Å². The Labute approximate surface area is 238 Å². The van der Waals surface area contributed by atoms with Gasteiger partial charge in [0.25, 0.3) is 5.69 Å². The fourth-order valence-electron chi connectivity index (χ4n) is 5.32. The van der Waals surface area contributed by atoms with Crippen molar-refractivity contribution < 1.29 is 36.7 Å². The Morgan fingerprint density at radius 3 is 2.51 bits per heavy atom. The van der Waals surface area contributed by atoms with Crippen LogP contribution < -0.4 is 10.1 Å². The summed E-state index contributed by atoms with van der Waals surface area (Å²) in [5.41, 5.74) is -2.33. The van der Waals surface area contributed by atoms with E-state index in [0.29, 0.717) is 12.2 Å². The highest BCUT2D eigenvalue weighted by Crippen LogP contribution is 2.46. The molecule has 2 aromatic rings. The van der Waals surface area contributed by atoms with Crippen molar-refractivity contribution in [3.8, 4) is 5.75 Å². The number of amidine groups is 1. The topological polar surface area (TPSA) is 146 Å². The number of ether oxygens (including phenoxy) is 3. The fraction of sp³-hybridized carbons (Fsp3) is 0.500. The summed E-state index contributed by atoms with van der Waals surface area (Å²) in [6.45, 7) is 6.58. The molecule has 0 aromatic heterocycles. The molecular weight excluding hydrogens is 557 g/mol. The van der Waals surface area contributed by atoms with Gasteiger partial charge in [0, 0.05) is 24.1 Å². The zero-order valence-electron chi connectivity index (χ0n) is 23.6. The summed E-state index contributed by atoms with van der Waals surface area (Å²) >= 11 is 0. The zero-order chi connectivity index (χ0) is 30.2. The van der Waals surface area contributed by atoms with Gasteiger partial charge in [0.15, 0.2) is 9.84 Å². The smallest absolute Gasteiger partial charge is 0.435 e. The molecule has 222 valence electrons. The average molecular weight is 592 g/mol. The predicted molar refractivity (Wildman–Crippen MR) is 149 cm³/mol. The first-order chi connectivity index (χ1) is 19.1. The van der Waals surface area contributed by atoms with Crippen molar-refractivity contribution in [2.45, 2.75) is 75.6 Å². The van der Waals surface area contributed by atoms with Crippen LogP contribution in [0.25, 0.3) is 0 Å². The molecule has 1 aliphatic heterocycles. The number of carbonyl (C=O) groups is 1. The van der Waals surface area contributed by atoms with E-state index >= 15 is 4.39 Å². The molecule has 1 aliphatic carbocycles. The molecule has 41 heavy (non-hydrogen) atoms. The Hall–Kier alpha value is -3.58. The number of sulfone groups is 1. The van der Waals surface area contributed by atoms with Crippen LogP contribution in [0.5, 0.6) is 5.75 Å². The molecule has 1 saturated heterocycles. The summed E-state index contributed by atoms with van der Waals surface area (Å²) in [5, 5.41) is 14.4. The molecule has 2 fully saturated rings. The molecule has 1 heterocycles. The lowest BCUT2D eigenvalue weighted by Crippen LogP contribution is -2.66. The maximum absolute atomic E-state index is 15.0. The van der Waals surface area contributed by atoms with Gasteiger partial charge in [-0.2, -0.15) is 4.99 Å². The second kappa shape index (κ2) is 11.0. The lowest BCUT2D eigenvalue weighted by molar-refractivity contribution is -0.385. The second-order valence-corrected chi connectivity index (χ2v) is 13.9. The molecule has 1 amide bonds. The number of nitro benzene ring substituents is 1. The number of amides is 1. The third kappa shape index (κ3) is 6.35. The minimum absolute atomic E-state index is 0.00756. The molecule has 2 unspecified atom stereocenters. The van der Waals surface area contributed by atoms with Crippen LogP contribution in [0.1, 0.15) is 58.1 Å². The number of halogens is 1. The Kier molecular flexibility index (Phi) is 8.16. The third-order valence-corrected chi connectivity index (χ3v) is 10.0. The molecule has 2 aliphatic rings. The van der Waals surface area contributed by atoms with E-state index in [1.807, 2.05) is 12.1 Å². The van der Waals surface area contributed by atoms with Gasteiger partial charge in [-0.15, -0.1) is 0 Å². The molecule has 11 nitrogen and oxygen atoms in total. The normalized spacial score (nSPS) is 26.5. The predicted octanol–water partition coefficient (Wildman–Crippen LogP) is 4.82. The molecular formula is C28H34FN3O8S. The highest BCUT2D eigenvalue weighted by Gasteiger charge is 2.60. The molecule has 3 atom stereocenters. The number of carbonyl (C=O) groups excluding carboxylic acids is 1. The number of nitrogens with one attached hydrogen (secondary N) is 1. The number of benzene rings is 2. The van der Waals surface area contributed by atoms with Gasteiger partial charge in [-0.1, -0.05) is 12.1 Å². The average Bonchev–Trinajstić information content (AvgIpc) is 3.31. The third-order valence-electron chi connectivity index (χ3n) is 7.32. The van der Waals surface area contributed by atoms with Crippen LogP contribution in [0.3, 0.4) is 0 Å². The van der Waals surface area contributed by atoms with Crippen molar-refractivity contribution in [2.24, 2.45) is 4.99 Å². The number of aliphatic imine (C=N–C) groups is 1. The maximum Gasteiger partial charge on any atom is 0.435 e. The van der Waals surface area contributed by atoms with E-state index in [-0.39, 0.29) is 30.8 Å². The Morgan fingerprint density at radius 2 is 1.90 bits per heavy atom. The maximum atomic E-state index is 15.0. The van der Waals surface area contributed by atoms with Crippen LogP contribution in [0.2, 0.25) is 0 Å². The first kappa shape index (κ1) is 30.4. The number of nitrogens with zero attached hydrogens (tertiary/aromatic N) is 2. The Bertz CT molecular complexity index is 1470. The molecule has 1 N–H and O–H groups in total. The summed E-state index contributed by atoms with van der Waals surface area (Å²) in [5.74, 6) is -0.919. The van der Waals surface area contributed by atoms with Gasteiger partial charge in [0.1, 0.15) is 27.8 Å². The molecule has 1 spiro atoms. The monoisotopic (exact) mass is 591 g/mol. The van der Waals surface area contributed by atoms with E-state index in [2.05, 4.69) is 10.3 Å². The first-order valence-corrected chi connectivity index (χ1v) is 14.7. The van der Waals surface area contributed by atoms with Crippen LogP contribution >= 0.6 is 0 Å². The Balaban J connectivity index is 1.69. The van der Waals surface area contributed by atoms with Gasteiger partial charge >= 0.3 is 6.09 Å². The summed E-state index contributed by atoms with van der Waals surface area (Å²) in [4.78, 5) is 27.6. The van der Waals surface area contributed by atoms with Crippen molar-refractivity contribution in [1.29, 1.82) is 0 Å². The number of methoxy groups -OCH3 is 1.